The van der Waals surface area contributed by atoms with Gasteiger partial charge < -0.3 is 5.11 Å². The third kappa shape index (κ3) is 3.60. The fourth-order valence-corrected chi connectivity index (χ4v) is 2.15. The first-order valence-corrected chi connectivity index (χ1v) is 5.62. The minimum atomic E-state index is -0.918. The van der Waals surface area contributed by atoms with Gasteiger partial charge in [-0.1, -0.05) is 17.7 Å². The molecule has 1 aromatic rings. The number of aliphatic carboxylic acids is 1. The fourth-order valence-electron chi connectivity index (χ4n) is 2.15. The van der Waals surface area contributed by atoms with Crippen molar-refractivity contribution >= 4 is 5.97 Å². The first-order chi connectivity index (χ1) is 7.93. The molecule has 0 radical (unpaired) electrons. The van der Waals surface area contributed by atoms with E-state index in [0.717, 1.165) is 16.7 Å². The van der Waals surface area contributed by atoms with Crippen molar-refractivity contribution < 1.29 is 9.90 Å². The van der Waals surface area contributed by atoms with E-state index >= 15 is 0 Å². The molecule has 1 aromatic carbocycles. The van der Waals surface area contributed by atoms with Crippen LogP contribution in [0, 0.1) is 38.0 Å². The second-order valence-corrected chi connectivity index (χ2v) is 4.51. The summed E-state index contributed by atoms with van der Waals surface area (Å²) in [6, 6.07) is 6.20. The number of nitriles is 1. The van der Waals surface area contributed by atoms with Gasteiger partial charge in [0.25, 0.3) is 0 Å². The minimum absolute atomic E-state index is 0.0940. The van der Waals surface area contributed by atoms with Crippen LogP contribution in [0.1, 0.15) is 28.7 Å². The molecule has 0 fully saturated rings. The van der Waals surface area contributed by atoms with Gasteiger partial charge in [-0.25, -0.2) is 0 Å². The highest BCUT2D eigenvalue weighted by Gasteiger charge is 2.15. The quantitative estimate of drug-likeness (QED) is 0.866. The molecule has 0 spiro atoms. The predicted octanol–water partition coefficient (Wildman–Crippen LogP) is 2.77. The van der Waals surface area contributed by atoms with E-state index in [1.54, 1.807) is 0 Å². The highest BCUT2D eigenvalue weighted by molar-refractivity contribution is 5.67. The molecule has 0 aromatic heterocycles. The summed E-state index contributed by atoms with van der Waals surface area (Å²) in [6.45, 7) is 6.04. The molecule has 0 amide bonds. The zero-order valence-electron chi connectivity index (χ0n) is 10.4. The Kier molecular flexibility index (Phi) is 4.28. The van der Waals surface area contributed by atoms with Crippen LogP contribution < -0.4 is 0 Å². The Hall–Kier alpha value is -1.82. The van der Waals surface area contributed by atoms with Crippen molar-refractivity contribution in [2.24, 2.45) is 5.92 Å². The van der Waals surface area contributed by atoms with Gasteiger partial charge in [-0.15, -0.1) is 0 Å². The summed E-state index contributed by atoms with van der Waals surface area (Å²) < 4.78 is 0. The molecule has 3 heteroatoms. The van der Waals surface area contributed by atoms with Crippen LogP contribution in [0.4, 0.5) is 0 Å². The lowest BCUT2D eigenvalue weighted by atomic mass is 9.90. The van der Waals surface area contributed by atoms with Gasteiger partial charge in [-0.05, 0) is 43.9 Å². The Balaban J connectivity index is 2.95. The maximum absolute atomic E-state index is 10.6. The standard InChI is InChI=1S/C14H17NO2/c1-9-4-10(2)13(11(3)5-9)6-12(8-15)7-14(16)17/h4-5,12H,6-7H2,1-3H3,(H,16,17). The molecule has 0 saturated heterocycles. The molecule has 0 aliphatic rings. The van der Waals surface area contributed by atoms with Crippen LogP contribution in [0.5, 0.6) is 0 Å². The SMILES string of the molecule is Cc1cc(C)c(CC(C#N)CC(=O)O)c(C)c1. The van der Waals surface area contributed by atoms with E-state index < -0.39 is 11.9 Å². The number of carboxylic acids is 1. The molecular formula is C14H17NO2. The number of hydrogen-bond donors (Lipinski definition) is 1. The summed E-state index contributed by atoms with van der Waals surface area (Å²) in [6.07, 6.45) is 0.421. The molecule has 0 bridgehead atoms. The largest absolute Gasteiger partial charge is 0.481 e. The topological polar surface area (TPSA) is 61.1 Å². The van der Waals surface area contributed by atoms with Crippen molar-refractivity contribution in [1.82, 2.24) is 0 Å². The van der Waals surface area contributed by atoms with Crippen LogP contribution in [0.15, 0.2) is 12.1 Å². The van der Waals surface area contributed by atoms with Crippen molar-refractivity contribution in [2.75, 3.05) is 0 Å². The Morgan fingerprint density at radius 1 is 1.35 bits per heavy atom. The van der Waals surface area contributed by atoms with Crippen LogP contribution >= 0.6 is 0 Å². The summed E-state index contributed by atoms with van der Waals surface area (Å²) >= 11 is 0. The van der Waals surface area contributed by atoms with E-state index in [9.17, 15) is 4.79 Å². The number of carboxylic acid groups (broad SMARTS) is 1. The van der Waals surface area contributed by atoms with E-state index in [1.807, 2.05) is 20.8 Å². The molecular weight excluding hydrogens is 214 g/mol. The highest BCUT2D eigenvalue weighted by Crippen LogP contribution is 2.21. The van der Waals surface area contributed by atoms with Crippen molar-refractivity contribution in [3.63, 3.8) is 0 Å². The molecule has 1 atom stereocenters. The number of rotatable bonds is 4. The molecule has 1 unspecified atom stereocenters. The molecule has 17 heavy (non-hydrogen) atoms. The van der Waals surface area contributed by atoms with Gasteiger partial charge in [0.15, 0.2) is 0 Å². The molecule has 0 saturated carbocycles. The van der Waals surface area contributed by atoms with Crippen molar-refractivity contribution in [2.45, 2.75) is 33.6 Å². The smallest absolute Gasteiger partial charge is 0.304 e. The lowest BCUT2D eigenvalue weighted by Gasteiger charge is -2.13. The monoisotopic (exact) mass is 231 g/mol. The van der Waals surface area contributed by atoms with Crippen LogP contribution in [-0.2, 0) is 11.2 Å². The maximum atomic E-state index is 10.6. The summed E-state index contributed by atoms with van der Waals surface area (Å²) in [5.74, 6) is -1.37. The first kappa shape index (κ1) is 13.2. The zero-order valence-corrected chi connectivity index (χ0v) is 10.4. The maximum Gasteiger partial charge on any atom is 0.304 e. The predicted molar refractivity (Wildman–Crippen MR) is 65.7 cm³/mol. The molecule has 0 aliphatic carbocycles. The number of hydrogen-bond acceptors (Lipinski definition) is 2. The third-order valence-corrected chi connectivity index (χ3v) is 2.89. The van der Waals surface area contributed by atoms with Crippen LogP contribution in [-0.4, -0.2) is 11.1 Å². The van der Waals surface area contributed by atoms with E-state index in [2.05, 4.69) is 18.2 Å². The summed E-state index contributed by atoms with van der Waals surface area (Å²) in [4.78, 5) is 10.6. The van der Waals surface area contributed by atoms with Crippen molar-refractivity contribution in [3.8, 4) is 6.07 Å². The molecule has 1 N–H and O–H groups in total. The average molecular weight is 231 g/mol. The minimum Gasteiger partial charge on any atom is -0.481 e. The van der Waals surface area contributed by atoms with E-state index in [0.29, 0.717) is 6.42 Å². The highest BCUT2D eigenvalue weighted by atomic mass is 16.4. The normalized spacial score (nSPS) is 11.9. The lowest BCUT2D eigenvalue weighted by molar-refractivity contribution is -0.137. The van der Waals surface area contributed by atoms with Crippen LogP contribution in [0.2, 0.25) is 0 Å². The Morgan fingerprint density at radius 3 is 2.29 bits per heavy atom. The molecule has 90 valence electrons. The van der Waals surface area contributed by atoms with Gasteiger partial charge in [-0.2, -0.15) is 5.26 Å². The lowest BCUT2D eigenvalue weighted by Crippen LogP contribution is -2.10. The van der Waals surface area contributed by atoms with Gasteiger partial charge >= 0.3 is 5.97 Å². The third-order valence-electron chi connectivity index (χ3n) is 2.89. The zero-order chi connectivity index (χ0) is 13.0. The second-order valence-electron chi connectivity index (χ2n) is 4.51. The summed E-state index contributed by atoms with van der Waals surface area (Å²) in [5.41, 5.74) is 4.56. The van der Waals surface area contributed by atoms with Gasteiger partial charge in [0.05, 0.1) is 18.4 Å². The number of aryl methyl sites for hydroxylation is 3. The van der Waals surface area contributed by atoms with Crippen LogP contribution in [0.25, 0.3) is 0 Å². The Bertz CT molecular complexity index is 449. The Labute approximate surface area is 102 Å². The summed E-state index contributed by atoms with van der Waals surface area (Å²) in [7, 11) is 0. The van der Waals surface area contributed by atoms with E-state index in [1.165, 1.54) is 5.56 Å². The number of carbonyl (C=O) groups is 1. The molecule has 3 nitrogen and oxygen atoms in total. The molecule has 0 aliphatic heterocycles. The molecule has 0 heterocycles. The number of benzene rings is 1. The fraction of sp³-hybridized carbons (Fsp3) is 0.429. The van der Waals surface area contributed by atoms with Crippen molar-refractivity contribution in [3.05, 3.63) is 34.4 Å². The number of nitrogens with zero attached hydrogens (tertiary/aromatic N) is 1. The van der Waals surface area contributed by atoms with Gasteiger partial charge in [0, 0.05) is 0 Å². The van der Waals surface area contributed by atoms with E-state index in [-0.39, 0.29) is 6.42 Å². The first-order valence-electron chi connectivity index (χ1n) is 5.62. The summed E-state index contributed by atoms with van der Waals surface area (Å²) in [5, 5.41) is 17.7. The van der Waals surface area contributed by atoms with Gasteiger partial charge in [0.2, 0.25) is 0 Å². The Morgan fingerprint density at radius 2 is 1.88 bits per heavy atom. The van der Waals surface area contributed by atoms with E-state index in [4.69, 9.17) is 10.4 Å². The van der Waals surface area contributed by atoms with Crippen LogP contribution in [0.3, 0.4) is 0 Å². The van der Waals surface area contributed by atoms with Crippen molar-refractivity contribution in [1.29, 1.82) is 5.26 Å². The van der Waals surface area contributed by atoms with Gasteiger partial charge in [-0.3, -0.25) is 4.79 Å². The van der Waals surface area contributed by atoms with Gasteiger partial charge in [0.1, 0.15) is 0 Å². The average Bonchev–Trinajstić information content (AvgIpc) is 2.20. The molecule has 1 rings (SSSR count). The second kappa shape index (κ2) is 5.49.